The van der Waals surface area contributed by atoms with Crippen LogP contribution in [0, 0.1) is 5.92 Å². The van der Waals surface area contributed by atoms with E-state index in [-0.39, 0.29) is 0 Å². The molecular formula is C21H24N4. The number of pyridine rings is 1. The maximum atomic E-state index is 4.69. The van der Waals surface area contributed by atoms with E-state index >= 15 is 0 Å². The van der Waals surface area contributed by atoms with Crippen LogP contribution in [0.1, 0.15) is 19.8 Å². The van der Waals surface area contributed by atoms with Gasteiger partial charge in [-0.15, -0.1) is 0 Å². The number of fused-ring (bicyclic) bond motifs is 4. The number of rotatable bonds is 3. The Hall–Kier alpha value is -2.33. The average Bonchev–Trinajstić information content (AvgIpc) is 3.10. The van der Waals surface area contributed by atoms with Gasteiger partial charge < -0.3 is 10.3 Å². The Morgan fingerprint density at radius 1 is 1.12 bits per heavy atom. The molecule has 0 amide bonds. The summed E-state index contributed by atoms with van der Waals surface area (Å²) in [5, 5.41) is 4.98. The molecule has 128 valence electrons. The van der Waals surface area contributed by atoms with Crippen molar-refractivity contribution in [1.82, 2.24) is 14.9 Å². The second kappa shape index (κ2) is 5.88. The van der Waals surface area contributed by atoms with Gasteiger partial charge >= 0.3 is 0 Å². The van der Waals surface area contributed by atoms with Crippen LogP contribution in [0.3, 0.4) is 0 Å². The minimum absolute atomic E-state index is 0.545. The van der Waals surface area contributed by atoms with Crippen molar-refractivity contribution < 1.29 is 0 Å². The summed E-state index contributed by atoms with van der Waals surface area (Å²) in [7, 11) is 0. The fourth-order valence-electron chi connectivity index (χ4n) is 4.59. The number of H-pyrrole nitrogens is 1. The molecule has 5 heterocycles. The van der Waals surface area contributed by atoms with E-state index in [9.17, 15) is 0 Å². The van der Waals surface area contributed by atoms with Crippen LogP contribution in [-0.2, 0) is 0 Å². The van der Waals surface area contributed by atoms with E-state index in [1.54, 1.807) is 0 Å². The molecule has 6 rings (SSSR count). The van der Waals surface area contributed by atoms with Crippen molar-refractivity contribution in [2.45, 2.75) is 31.8 Å². The van der Waals surface area contributed by atoms with E-state index in [4.69, 9.17) is 0 Å². The smallest absolute Gasteiger partial charge is 0.0866 e. The molecule has 0 aliphatic carbocycles. The second-order valence-electron chi connectivity index (χ2n) is 7.49. The molecular weight excluding hydrogens is 308 g/mol. The summed E-state index contributed by atoms with van der Waals surface area (Å²) in [6.07, 6.45) is 4.62. The van der Waals surface area contributed by atoms with E-state index in [0.29, 0.717) is 12.1 Å². The zero-order valence-corrected chi connectivity index (χ0v) is 14.6. The SMILES string of the molecule is CC1C(Nc2ccc(-c3cc4ccccc4[nH]3)nc2)C2CCN1CC2. The molecule has 4 nitrogen and oxygen atoms in total. The molecule has 0 radical (unpaired) electrons. The largest absolute Gasteiger partial charge is 0.379 e. The highest BCUT2D eigenvalue weighted by molar-refractivity contribution is 5.85. The number of aromatic amines is 1. The highest BCUT2D eigenvalue weighted by Gasteiger charge is 2.39. The quantitative estimate of drug-likeness (QED) is 0.758. The number of benzene rings is 1. The molecule has 2 unspecified atom stereocenters. The van der Waals surface area contributed by atoms with Gasteiger partial charge in [-0.3, -0.25) is 9.88 Å². The topological polar surface area (TPSA) is 44.0 Å². The number of aromatic nitrogens is 2. The Labute approximate surface area is 148 Å². The van der Waals surface area contributed by atoms with E-state index in [1.807, 2.05) is 6.20 Å². The summed E-state index contributed by atoms with van der Waals surface area (Å²) in [5.41, 5.74) is 4.35. The van der Waals surface area contributed by atoms with Crippen molar-refractivity contribution in [2.75, 3.05) is 18.4 Å². The van der Waals surface area contributed by atoms with Gasteiger partial charge in [0.15, 0.2) is 0 Å². The molecule has 25 heavy (non-hydrogen) atoms. The molecule has 0 saturated carbocycles. The third-order valence-corrected chi connectivity index (χ3v) is 6.08. The fourth-order valence-corrected chi connectivity index (χ4v) is 4.59. The minimum atomic E-state index is 0.545. The predicted molar refractivity (Wildman–Crippen MR) is 103 cm³/mol. The third kappa shape index (κ3) is 2.61. The van der Waals surface area contributed by atoms with Crippen LogP contribution >= 0.6 is 0 Å². The molecule has 3 saturated heterocycles. The molecule has 3 aromatic rings. The van der Waals surface area contributed by atoms with Gasteiger partial charge in [0.1, 0.15) is 0 Å². The van der Waals surface area contributed by atoms with Crippen LogP contribution in [0.5, 0.6) is 0 Å². The highest BCUT2D eigenvalue weighted by atomic mass is 15.2. The Morgan fingerprint density at radius 2 is 1.96 bits per heavy atom. The first-order valence-corrected chi connectivity index (χ1v) is 9.33. The third-order valence-electron chi connectivity index (χ3n) is 6.08. The molecule has 2 atom stereocenters. The first kappa shape index (κ1) is 15.0. The normalized spacial score (nSPS) is 28.4. The molecule has 2 N–H and O–H groups in total. The molecule has 1 aromatic carbocycles. The van der Waals surface area contributed by atoms with Gasteiger partial charge in [0.25, 0.3) is 0 Å². The molecule has 4 heteroatoms. The molecule has 3 aliphatic heterocycles. The molecule has 2 bridgehead atoms. The zero-order valence-electron chi connectivity index (χ0n) is 14.6. The van der Waals surface area contributed by atoms with Crippen LogP contribution in [0.15, 0.2) is 48.7 Å². The number of hydrogen-bond acceptors (Lipinski definition) is 3. The van der Waals surface area contributed by atoms with Crippen LogP contribution < -0.4 is 5.32 Å². The summed E-state index contributed by atoms with van der Waals surface area (Å²) in [5.74, 6) is 0.799. The Kier molecular flexibility index (Phi) is 3.52. The lowest BCUT2D eigenvalue weighted by molar-refractivity contribution is 0.0458. The summed E-state index contributed by atoms with van der Waals surface area (Å²) in [6.45, 7) is 4.89. The van der Waals surface area contributed by atoms with Gasteiger partial charge in [-0.1, -0.05) is 18.2 Å². The first-order valence-electron chi connectivity index (χ1n) is 9.33. The van der Waals surface area contributed by atoms with Crippen molar-refractivity contribution in [2.24, 2.45) is 5.92 Å². The predicted octanol–water partition coefficient (Wildman–Crippen LogP) is 4.12. The number of anilines is 1. The minimum Gasteiger partial charge on any atom is -0.379 e. The first-order chi connectivity index (χ1) is 12.3. The molecule has 2 aromatic heterocycles. The molecule has 3 fully saturated rings. The van der Waals surface area contributed by atoms with Crippen LogP contribution in [0.2, 0.25) is 0 Å². The van der Waals surface area contributed by atoms with Gasteiger partial charge in [-0.05, 0) is 63.0 Å². The van der Waals surface area contributed by atoms with E-state index in [2.05, 4.69) is 69.6 Å². The van der Waals surface area contributed by atoms with Gasteiger partial charge in [0.05, 0.1) is 23.3 Å². The lowest BCUT2D eigenvalue weighted by atomic mass is 9.79. The molecule has 0 spiro atoms. The average molecular weight is 332 g/mol. The maximum Gasteiger partial charge on any atom is 0.0866 e. The second-order valence-corrected chi connectivity index (χ2v) is 7.49. The lowest BCUT2D eigenvalue weighted by Gasteiger charge is -2.50. The summed E-state index contributed by atoms with van der Waals surface area (Å²) >= 11 is 0. The summed E-state index contributed by atoms with van der Waals surface area (Å²) in [4.78, 5) is 10.8. The fraction of sp³-hybridized carbons (Fsp3) is 0.381. The number of nitrogens with zero attached hydrogens (tertiary/aromatic N) is 2. The highest BCUT2D eigenvalue weighted by Crippen LogP contribution is 2.34. The van der Waals surface area contributed by atoms with Crippen LogP contribution in [0.4, 0.5) is 5.69 Å². The summed E-state index contributed by atoms with van der Waals surface area (Å²) < 4.78 is 0. The van der Waals surface area contributed by atoms with Gasteiger partial charge in [-0.2, -0.15) is 0 Å². The Morgan fingerprint density at radius 3 is 2.68 bits per heavy atom. The maximum absolute atomic E-state index is 4.69. The van der Waals surface area contributed by atoms with Crippen molar-refractivity contribution >= 4 is 16.6 Å². The number of hydrogen-bond donors (Lipinski definition) is 2. The number of para-hydroxylation sites is 1. The standard InChI is InChI=1S/C21H24N4/c1-14-21(15-8-10-25(14)11-9-15)23-17-6-7-19(22-13-17)20-12-16-4-2-3-5-18(16)24-20/h2-7,12-15,21,23-24H,8-11H2,1H3. The van der Waals surface area contributed by atoms with E-state index in [1.165, 1.54) is 31.3 Å². The zero-order chi connectivity index (χ0) is 16.8. The Bertz CT molecular complexity index is 839. The number of piperidine rings is 3. The van der Waals surface area contributed by atoms with Crippen LogP contribution in [-0.4, -0.2) is 40.0 Å². The molecule has 3 aliphatic rings. The van der Waals surface area contributed by atoms with Crippen molar-refractivity contribution in [3.8, 4) is 11.4 Å². The van der Waals surface area contributed by atoms with Gasteiger partial charge in [0, 0.05) is 23.0 Å². The summed E-state index contributed by atoms with van der Waals surface area (Å²) in [6, 6.07) is 15.9. The number of nitrogens with one attached hydrogen (secondary N) is 2. The lowest BCUT2D eigenvalue weighted by Crippen LogP contribution is -2.59. The monoisotopic (exact) mass is 332 g/mol. The van der Waals surface area contributed by atoms with Crippen molar-refractivity contribution in [3.63, 3.8) is 0 Å². The van der Waals surface area contributed by atoms with Crippen molar-refractivity contribution in [1.29, 1.82) is 0 Å². The van der Waals surface area contributed by atoms with Crippen molar-refractivity contribution in [3.05, 3.63) is 48.7 Å². The van der Waals surface area contributed by atoms with Gasteiger partial charge in [0.2, 0.25) is 0 Å². The van der Waals surface area contributed by atoms with E-state index < -0.39 is 0 Å². The van der Waals surface area contributed by atoms with E-state index in [0.717, 1.165) is 28.5 Å². The van der Waals surface area contributed by atoms with Gasteiger partial charge in [-0.25, -0.2) is 0 Å². The Balaban J connectivity index is 1.36. The van der Waals surface area contributed by atoms with Crippen LogP contribution in [0.25, 0.3) is 22.3 Å².